The van der Waals surface area contributed by atoms with Crippen LogP contribution in [0.3, 0.4) is 0 Å². The van der Waals surface area contributed by atoms with E-state index in [-0.39, 0.29) is 11.0 Å². The Labute approximate surface area is 157 Å². The standard InChI is InChI=1S/C15H20Cl3N3OS/c1-4-10-7-6-8-11(5-2)12(10)20-14(23)21-13(15(16,17)18)19-9(3)22/h6-8,13H,4-5H2,1-3H3,(H,19,22)(H2,20,21,23). The van der Waals surface area contributed by atoms with Crippen LogP contribution in [0.15, 0.2) is 18.2 Å². The topological polar surface area (TPSA) is 53.2 Å². The van der Waals surface area contributed by atoms with Crippen LogP contribution in [-0.4, -0.2) is 21.0 Å². The molecule has 0 fully saturated rings. The van der Waals surface area contributed by atoms with Crippen molar-refractivity contribution in [1.29, 1.82) is 0 Å². The zero-order valence-corrected chi connectivity index (χ0v) is 16.3. The van der Waals surface area contributed by atoms with Gasteiger partial charge in [-0.25, -0.2) is 0 Å². The van der Waals surface area contributed by atoms with Gasteiger partial charge in [0.25, 0.3) is 0 Å². The number of carbonyl (C=O) groups is 1. The maximum absolute atomic E-state index is 11.3. The highest BCUT2D eigenvalue weighted by atomic mass is 35.6. The van der Waals surface area contributed by atoms with E-state index < -0.39 is 9.96 Å². The van der Waals surface area contributed by atoms with E-state index in [0.717, 1.165) is 29.7 Å². The van der Waals surface area contributed by atoms with Gasteiger partial charge < -0.3 is 16.0 Å². The summed E-state index contributed by atoms with van der Waals surface area (Å²) in [6, 6.07) is 6.08. The number of para-hydroxylation sites is 1. The molecule has 1 aromatic rings. The molecule has 0 saturated heterocycles. The second kappa shape index (κ2) is 8.92. The highest BCUT2D eigenvalue weighted by Gasteiger charge is 2.34. The lowest BCUT2D eigenvalue weighted by molar-refractivity contribution is -0.119. The average Bonchev–Trinajstić information content (AvgIpc) is 2.45. The first kappa shape index (κ1) is 20.3. The molecular formula is C15H20Cl3N3OS. The Morgan fingerprint density at radius 1 is 1.17 bits per heavy atom. The highest BCUT2D eigenvalue weighted by Crippen LogP contribution is 2.29. The van der Waals surface area contributed by atoms with Crippen molar-refractivity contribution in [1.82, 2.24) is 10.6 Å². The van der Waals surface area contributed by atoms with Gasteiger partial charge in [0, 0.05) is 12.6 Å². The number of halogens is 3. The van der Waals surface area contributed by atoms with E-state index in [2.05, 4.69) is 29.8 Å². The molecule has 1 rings (SSSR count). The van der Waals surface area contributed by atoms with Crippen molar-refractivity contribution in [3.05, 3.63) is 29.3 Å². The summed E-state index contributed by atoms with van der Waals surface area (Å²) in [7, 11) is 0. The number of anilines is 1. The summed E-state index contributed by atoms with van der Waals surface area (Å²) < 4.78 is -1.74. The number of hydrogen-bond donors (Lipinski definition) is 3. The minimum Gasteiger partial charge on any atom is -0.339 e. The summed E-state index contributed by atoms with van der Waals surface area (Å²) in [6.45, 7) is 5.47. The molecule has 0 aromatic heterocycles. The molecule has 0 radical (unpaired) electrons. The van der Waals surface area contributed by atoms with Gasteiger partial charge in [-0.15, -0.1) is 0 Å². The van der Waals surface area contributed by atoms with E-state index in [0.29, 0.717) is 0 Å². The average molecular weight is 397 g/mol. The molecule has 1 aromatic carbocycles. The van der Waals surface area contributed by atoms with Crippen molar-refractivity contribution >= 4 is 63.7 Å². The fourth-order valence-electron chi connectivity index (χ4n) is 2.09. The van der Waals surface area contributed by atoms with Gasteiger partial charge in [0.05, 0.1) is 0 Å². The monoisotopic (exact) mass is 395 g/mol. The Bertz CT molecular complexity index is 553. The maximum Gasteiger partial charge on any atom is 0.228 e. The van der Waals surface area contributed by atoms with Crippen LogP contribution in [0.5, 0.6) is 0 Å². The molecule has 3 N–H and O–H groups in total. The summed E-state index contributed by atoms with van der Waals surface area (Å²) >= 11 is 22.9. The third-order valence-electron chi connectivity index (χ3n) is 3.19. The SMILES string of the molecule is CCc1cccc(CC)c1NC(=S)NC(NC(C)=O)C(Cl)(Cl)Cl. The first-order valence-corrected chi connectivity index (χ1v) is 8.75. The molecule has 4 nitrogen and oxygen atoms in total. The Kier molecular flexibility index (Phi) is 7.87. The van der Waals surface area contributed by atoms with E-state index in [9.17, 15) is 4.79 Å². The Balaban J connectivity index is 2.93. The molecule has 1 amide bonds. The van der Waals surface area contributed by atoms with Gasteiger partial charge in [-0.1, -0.05) is 66.8 Å². The maximum atomic E-state index is 11.3. The van der Waals surface area contributed by atoms with Crippen molar-refractivity contribution in [2.75, 3.05) is 5.32 Å². The molecule has 128 valence electrons. The second-order valence-electron chi connectivity index (χ2n) is 4.93. The number of nitrogens with one attached hydrogen (secondary N) is 3. The van der Waals surface area contributed by atoms with Crippen LogP contribution < -0.4 is 16.0 Å². The van der Waals surface area contributed by atoms with Crippen LogP contribution in [0.4, 0.5) is 5.69 Å². The minimum atomic E-state index is -1.74. The molecule has 1 atom stereocenters. The van der Waals surface area contributed by atoms with Gasteiger partial charge >= 0.3 is 0 Å². The van der Waals surface area contributed by atoms with E-state index in [1.54, 1.807) is 0 Å². The van der Waals surface area contributed by atoms with E-state index in [1.165, 1.54) is 6.92 Å². The summed E-state index contributed by atoms with van der Waals surface area (Å²) in [6.07, 6.45) is 0.778. The number of amides is 1. The molecule has 0 aliphatic rings. The van der Waals surface area contributed by atoms with Gasteiger partial charge in [0.2, 0.25) is 9.70 Å². The fourth-order valence-corrected chi connectivity index (χ4v) is 2.63. The summed E-state index contributed by atoms with van der Waals surface area (Å²) in [5.41, 5.74) is 3.22. The lowest BCUT2D eigenvalue weighted by Gasteiger charge is -2.28. The van der Waals surface area contributed by atoms with Gasteiger partial charge in [0.15, 0.2) is 5.11 Å². The third-order valence-corrected chi connectivity index (χ3v) is 4.06. The summed E-state index contributed by atoms with van der Waals surface area (Å²) in [4.78, 5) is 11.3. The number of hydrogen-bond acceptors (Lipinski definition) is 2. The van der Waals surface area contributed by atoms with Crippen molar-refractivity contribution in [2.24, 2.45) is 0 Å². The molecule has 0 saturated carbocycles. The van der Waals surface area contributed by atoms with Crippen LogP contribution in [-0.2, 0) is 17.6 Å². The zero-order chi connectivity index (χ0) is 17.6. The molecule has 0 aliphatic carbocycles. The number of rotatable bonds is 5. The third kappa shape index (κ3) is 6.34. The van der Waals surface area contributed by atoms with Gasteiger partial charge in [-0.3, -0.25) is 4.79 Å². The van der Waals surface area contributed by atoms with Crippen molar-refractivity contribution in [3.63, 3.8) is 0 Å². The lowest BCUT2D eigenvalue weighted by atomic mass is 10.0. The number of benzene rings is 1. The predicted octanol–water partition coefficient (Wildman–Crippen LogP) is 3.93. The number of aryl methyl sites for hydroxylation is 2. The molecule has 0 aliphatic heterocycles. The first-order valence-electron chi connectivity index (χ1n) is 7.21. The minimum absolute atomic E-state index is 0.269. The second-order valence-corrected chi connectivity index (χ2v) is 7.71. The normalized spacial score (nSPS) is 12.4. The van der Waals surface area contributed by atoms with Crippen LogP contribution in [0.1, 0.15) is 31.9 Å². The molecule has 23 heavy (non-hydrogen) atoms. The Hall–Kier alpha value is -0.750. The number of alkyl halides is 3. The number of thiocarbonyl (C=S) groups is 1. The van der Waals surface area contributed by atoms with E-state index >= 15 is 0 Å². The van der Waals surface area contributed by atoms with E-state index in [1.807, 2.05) is 18.2 Å². The number of carbonyl (C=O) groups excluding carboxylic acids is 1. The molecule has 8 heteroatoms. The van der Waals surface area contributed by atoms with Gasteiger partial charge in [-0.05, 0) is 36.2 Å². The van der Waals surface area contributed by atoms with Gasteiger partial charge in [0.1, 0.15) is 6.17 Å². The molecular weight excluding hydrogens is 377 g/mol. The highest BCUT2D eigenvalue weighted by molar-refractivity contribution is 7.80. The van der Waals surface area contributed by atoms with Crippen molar-refractivity contribution in [3.8, 4) is 0 Å². The van der Waals surface area contributed by atoms with Crippen molar-refractivity contribution in [2.45, 2.75) is 43.6 Å². The smallest absolute Gasteiger partial charge is 0.228 e. The quantitative estimate of drug-likeness (QED) is 0.401. The van der Waals surface area contributed by atoms with Crippen LogP contribution in [0.2, 0.25) is 0 Å². The lowest BCUT2D eigenvalue weighted by Crippen LogP contribution is -2.55. The molecule has 0 heterocycles. The van der Waals surface area contributed by atoms with E-state index in [4.69, 9.17) is 47.0 Å². The van der Waals surface area contributed by atoms with Crippen LogP contribution in [0, 0.1) is 0 Å². The molecule has 0 spiro atoms. The van der Waals surface area contributed by atoms with Crippen LogP contribution >= 0.6 is 47.0 Å². The molecule has 1 unspecified atom stereocenters. The Morgan fingerprint density at radius 3 is 2.09 bits per heavy atom. The first-order chi connectivity index (χ1) is 10.7. The predicted molar refractivity (Wildman–Crippen MR) is 102 cm³/mol. The Morgan fingerprint density at radius 2 is 1.70 bits per heavy atom. The fraction of sp³-hybridized carbons (Fsp3) is 0.467. The van der Waals surface area contributed by atoms with Gasteiger partial charge in [-0.2, -0.15) is 0 Å². The molecule has 0 bridgehead atoms. The summed E-state index contributed by atoms with van der Waals surface area (Å²) in [5, 5.41) is 8.77. The zero-order valence-electron chi connectivity index (χ0n) is 13.2. The summed E-state index contributed by atoms with van der Waals surface area (Å²) in [5.74, 6) is -0.333. The van der Waals surface area contributed by atoms with Crippen LogP contribution in [0.25, 0.3) is 0 Å². The van der Waals surface area contributed by atoms with Crippen molar-refractivity contribution < 1.29 is 4.79 Å². The largest absolute Gasteiger partial charge is 0.339 e.